The summed E-state index contributed by atoms with van der Waals surface area (Å²) in [7, 11) is 3.34. The number of benzene rings is 2. The lowest BCUT2D eigenvalue weighted by molar-refractivity contribution is 0.415. The molecule has 0 aromatic heterocycles. The molecule has 0 unspecified atom stereocenters. The van der Waals surface area contributed by atoms with E-state index in [9.17, 15) is 0 Å². The molecule has 0 aliphatic carbocycles. The van der Waals surface area contributed by atoms with Gasteiger partial charge in [-0.25, -0.2) is 0 Å². The van der Waals surface area contributed by atoms with Crippen LogP contribution in [0.5, 0.6) is 11.5 Å². The van der Waals surface area contributed by atoms with Crippen LogP contribution in [0.2, 0.25) is 0 Å². The summed E-state index contributed by atoms with van der Waals surface area (Å²) in [5.41, 5.74) is 0. The van der Waals surface area contributed by atoms with Crippen molar-refractivity contribution in [2.24, 2.45) is 0 Å². The molecular formula is C12H11BrO2. The SMILES string of the molecule is COc1ccc(Br)c2c(OC)cccc12. The molecule has 0 saturated heterocycles. The van der Waals surface area contributed by atoms with Gasteiger partial charge in [0.05, 0.1) is 14.2 Å². The second-order valence-electron chi connectivity index (χ2n) is 3.13. The first-order valence-electron chi connectivity index (χ1n) is 4.57. The number of ether oxygens (including phenoxy) is 2. The molecule has 2 aromatic carbocycles. The van der Waals surface area contributed by atoms with E-state index < -0.39 is 0 Å². The van der Waals surface area contributed by atoms with E-state index in [1.807, 2.05) is 30.3 Å². The Labute approximate surface area is 96.9 Å². The Morgan fingerprint density at radius 1 is 0.933 bits per heavy atom. The molecule has 0 amide bonds. The van der Waals surface area contributed by atoms with Crippen molar-refractivity contribution >= 4 is 26.7 Å². The zero-order chi connectivity index (χ0) is 10.8. The minimum absolute atomic E-state index is 0.846. The molecule has 0 N–H and O–H groups in total. The number of fused-ring (bicyclic) bond motifs is 1. The maximum atomic E-state index is 5.32. The topological polar surface area (TPSA) is 18.5 Å². The third-order valence-electron chi connectivity index (χ3n) is 2.35. The Kier molecular flexibility index (Phi) is 2.82. The average Bonchev–Trinajstić information content (AvgIpc) is 2.29. The summed E-state index contributed by atoms with van der Waals surface area (Å²) >= 11 is 3.52. The maximum Gasteiger partial charge on any atom is 0.127 e. The minimum Gasteiger partial charge on any atom is -0.496 e. The molecule has 0 fully saturated rings. The standard InChI is InChI=1S/C12H11BrO2/c1-14-10-7-6-9(13)12-8(10)4-3-5-11(12)15-2/h3-7H,1-2H3. The smallest absolute Gasteiger partial charge is 0.127 e. The van der Waals surface area contributed by atoms with Crippen molar-refractivity contribution < 1.29 is 9.47 Å². The Balaban J connectivity index is 2.86. The molecule has 2 nitrogen and oxygen atoms in total. The molecule has 0 aliphatic rings. The van der Waals surface area contributed by atoms with Crippen molar-refractivity contribution in [2.45, 2.75) is 0 Å². The zero-order valence-electron chi connectivity index (χ0n) is 8.58. The summed E-state index contributed by atoms with van der Waals surface area (Å²) in [5, 5.41) is 2.09. The maximum absolute atomic E-state index is 5.32. The van der Waals surface area contributed by atoms with Crippen LogP contribution in [0.3, 0.4) is 0 Å². The molecule has 0 bridgehead atoms. The van der Waals surface area contributed by atoms with Crippen LogP contribution in [0.4, 0.5) is 0 Å². The van der Waals surface area contributed by atoms with Crippen molar-refractivity contribution in [3.63, 3.8) is 0 Å². The highest BCUT2D eigenvalue weighted by Crippen LogP contribution is 2.37. The first-order chi connectivity index (χ1) is 7.27. The molecule has 0 aliphatic heterocycles. The molecule has 0 radical (unpaired) electrons. The normalized spacial score (nSPS) is 10.3. The molecule has 0 spiro atoms. The average molecular weight is 267 g/mol. The van der Waals surface area contributed by atoms with Crippen LogP contribution in [-0.2, 0) is 0 Å². The molecular weight excluding hydrogens is 256 g/mol. The van der Waals surface area contributed by atoms with Crippen LogP contribution in [0.15, 0.2) is 34.8 Å². The Morgan fingerprint density at radius 3 is 2.33 bits per heavy atom. The van der Waals surface area contributed by atoms with E-state index in [4.69, 9.17) is 9.47 Å². The Bertz CT molecular complexity index is 494. The second kappa shape index (κ2) is 4.11. The predicted octanol–water partition coefficient (Wildman–Crippen LogP) is 3.62. The lowest BCUT2D eigenvalue weighted by Gasteiger charge is -2.10. The van der Waals surface area contributed by atoms with Gasteiger partial charge >= 0.3 is 0 Å². The molecule has 3 heteroatoms. The first-order valence-corrected chi connectivity index (χ1v) is 5.36. The van der Waals surface area contributed by atoms with Crippen LogP contribution in [-0.4, -0.2) is 14.2 Å². The third-order valence-corrected chi connectivity index (χ3v) is 3.01. The molecule has 0 saturated carbocycles. The fourth-order valence-electron chi connectivity index (χ4n) is 1.65. The molecule has 2 aromatic rings. The number of methoxy groups -OCH3 is 2. The van der Waals surface area contributed by atoms with Crippen LogP contribution in [0.25, 0.3) is 10.8 Å². The van der Waals surface area contributed by atoms with E-state index in [-0.39, 0.29) is 0 Å². The van der Waals surface area contributed by atoms with E-state index >= 15 is 0 Å². The summed E-state index contributed by atoms with van der Waals surface area (Å²) in [6.45, 7) is 0. The van der Waals surface area contributed by atoms with Crippen molar-refractivity contribution in [2.75, 3.05) is 14.2 Å². The summed E-state index contributed by atoms with van der Waals surface area (Å²) in [6.07, 6.45) is 0. The van der Waals surface area contributed by atoms with Gasteiger partial charge < -0.3 is 9.47 Å². The van der Waals surface area contributed by atoms with Gasteiger partial charge in [-0.15, -0.1) is 0 Å². The van der Waals surface area contributed by atoms with E-state index in [1.54, 1.807) is 14.2 Å². The van der Waals surface area contributed by atoms with Gasteiger partial charge in [-0.05, 0) is 18.2 Å². The second-order valence-corrected chi connectivity index (χ2v) is 3.99. The molecule has 0 atom stereocenters. The molecule has 78 valence electrons. The fourth-order valence-corrected chi connectivity index (χ4v) is 2.19. The van der Waals surface area contributed by atoms with Gasteiger partial charge in [0.25, 0.3) is 0 Å². The fraction of sp³-hybridized carbons (Fsp3) is 0.167. The number of hydrogen-bond acceptors (Lipinski definition) is 2. The molecule has 15 heavy (non-hydrogen) atoms. The highest BCUT2D eigenvalue weighted by atomic mass is 79.9. The lowest BCUT2D eigenvalue weighted by Crippen LogP contribution is -1.89. The van der Waals surface area contributed by atoms with Gasteiger partial charge in [-0.3, -0.25) is 0 Å². The number of rotatable bonds is 2. The summed E-state index contributed by atoms with van der Waals surface area (Å²) < 4.78 is 11.6. The van der Waals surface area contributed by atoms with E-state index in [2.05, 4.69) is 15.9 Å². The van der Waals surface area contributed by atoms with E-state index in [0.717, 1.165) is 26.7 Å². The van der Waals surface area contributed by atoms with Gasteiger partial charge in [0.1, 0.15) is 11.5 Å². The Hall–Kier alpha value is -1.22. The summed E-state index contributed by atoms with van der Waals surface area (Å²) in [6, 6.07) is 9.81. The van der Waals surface area contributed by atoms with Crippen LogP contribution >= 0.6 is 15.9 Å². The largest absolute Gasteiger partial charge is 0.496 e. The molecule has 2 rings (SSSR count). The van der Waals surface area contributed by atoms with Gasteiger partial charge in [0.15, 0.2) is 0 Å². The van der Waals surface area contributed by atoms with Crippen LogP contribution in [0.1, 0.15) is 0 Å². The van der Waals surface area contributed by atoms with Crippen molar-refractivity contribution in [3.8, 4) is 11.5 Å². The van der Waals surface area contributed by atoms with Crippen molar-refractivity contribution in [3.05, 3.63) is 34.8 Å². The van der Waals surface area contributed by atoms with Crippen LogP contribution < -0.4 is 9.47 Å². The van der Waals surface area contributed by atoms with Gasteiger partial charge in [-0.1, -0.05) is 28.1 Å². The van der Waals surface area contributed by atoms with Crippen molar-refractivity contribution in [1.29, 1.82) is 0 Å². The monoisotopic (exact) mass is 266 g/mol. The molecule has 0 heterocycles. The first kappa shape index (κ1) is 10.3. The zero-order valence-corrected chi connectivity index (χ0v) is 10.2. The predicted molar refractivity (Wildman–Crippen MR) is 64.8 cm³/mol. The van der Waals surface area contributed by atoms with E-state index in [0.29, 0.717) is 0 Å². The summed E-state index contributed by atoms with van der Waals surface area (Å²) in [5.74, 6) is 1.70. The highest BCUT2D eigenvalue weighted by Gasteiger charge is 2.08. The van der Waals surface area contributed by atoms with Gasteiger partial charge in [0.2, 0.25) is 0 Å². The van der Waals surface area contributed by atoms with Gasteiger partial charge in [-0.2, -0.15) is 0 Å². The van der Waals surface area contributed by atoms with Gasteiger partial charge in [0, 0.05) is 15.2 Å². The highest BCUT2D eigenvalue weighted by molar-refractivity contribution is 9.10. The number of halogens is 1. The van der Waals surface area contributed by atoms with Crippen molar-refractivity contribution in [1.82, 2.24) is 0 Å². The van der Waals surface area contributed by atoms with Crippen LogP contribution in [0, 0.1) is 0 Å². The minimum atomic E-state index is 0.846. The number of hydrogen-bond donors (Lipinski definition) is 0. The third kappa shape index (κ3) is 1.67. The Morgan fingerprint density at radius 2 is 1.67 bits per heavy atom. The quantitative estimate of drug-likeness (QED) is 0.827. The van der Waals surface area contributed by atoms with E-state index in [1.165, 1.54) is 0 Å². The summed E-state index contributed by atoms with van der Waals surface area (Å²) in [4.78, 5) is 0. The lowest BCUT2D eigenvalue weighted by atomic mass is 10.1.